The summed E-state index contributed by atoms with van der Waals surface area (Å²) in [6.45, 7) is 2.17. The fourth-order valence-corrected chi connectivity index (χ4v) is 1.64. The predicted molar refractivity (Wildman–Crippen MR) is 55.2 cm³/mol. The second kappa shape index (κ2) is 3.52. The first-order valence-electron chi connectivity index (χ1n) is 4.82. The molecule has 1 saturated heterocycles. The van der Waals surface area contributed by atoms with E-state index in [4.69, 9.17) is 9.84 Å². The summed E-state index contributed by atoms with van der Waals surface area (Å²) in [5, 5.41) is 11.3. The van der Waals surface area contributed by atoms with Gasteiger partial charge in [-0.15, -0.1) is 0 Å². The van der Waals surface area contributed by atoms with Crippen molar-refractivity contribution >= 4 is 12.1 Å². The van der Waals surface area contributed by atoms with Crippen LogP contribution in [0.25, 0.3) is 0 Å². The van der Waals surface area contributed by atoms with Crippen LogP contribution in [-0.2, 0) is 10.3 Å². The molecule has 2 N–H and O–H groups in total. The normalized spacial score (nSPS) is 23.7. The molecule has 0 saturated carbocycles. The molecule has 1 unspecified atom stereocenters. The van der Waals surface area contributed by atoms with Crippen molar-refractivity contribution in [3.8, 4) is 0 Å². The Hall–Kier alpha value is -2.04. The molecule has 1 aliphatic heterocycles. The molecule has 5 heteroatoms. The quantitative estimate of drug-likeness (QED) is 0.790. The molecule has 0 radical (unpaired) electrons. The first-order valence-corrected chi connectivity index (χ1v) is 4.82. The highest BCUT2D eigenvalue weighted by Gasteiger charge is 2.37. The minimum absolute atomic E-state index is 0.213. The van der Waals surface area contributed by atoms with E-state index in [1.807, 2.05) is 0 Å². The van der Waals surface area contributed by atoms with E-state index in [-0.39, 0.29) is 5.56 Å². The lowest BCUT2D eigenvalue weighted by atomic mass is 9.95. The van der Waals surface area contributed by atoms with Crippen LogP contribution in [0.3, 0.4) is 0 Å². The van der Waals surface area contributed by atoms with Gasteiger partial charge in [0, 0.05) is 0 Å². The fraction of sp³-hybridized carbons (Fsp3) is 0.273. The van der Waals surface area contributed by atoms with Crippen LogP contribution in [0, 0.1) is 0 Å². The number of carboxylic acids is 1. The van der Waals surface area contributed by atoms with Gasteiger partial charge in [0.1, 0.15) is 0 Å². The number of ether oxygens (including phenoxy) is 1. The summed E-state index contributed by atoms with van der Waals surface area (Å²) in [6.07, 6.45) is -0.454. The van der Waals surface area contributed by atoms with Gasteiger partial charge in [0.25, 0.3) is 0 Å². The molecule has 1 aliphatic rings. The Labute approximate surface area is 92.0 Å². The summed E-state index contributed by atoms with van der Waals surface area (Å²) < 4.78 is 5.14. The van der Waals surface area contributed by atoms with Gasteiger partial charge in [-0.05, 0) is 24.6 Å². The van der Waals surface area contributed by atoms with E-state index in [0.29, 0.717) is 6.54 Å². The van der Waals surface area contributed by atoms with Crippen molar-refractivity contribution < 1.29 is 19.4 Å². The zero-order chi connectivity index (χ0) is 11.8. The third-order valence-electron chi connectivity index (χ3n) is 2.63. The summed E-state index contributed by atoms with van der Waals surface area (Å²) in [7, 11) is 0. The highest BCUT2D eigenvalue weighted by molar-refractivity contribution is 5.87. The Morgan fingerprint density at radius 2 is 2.06 bits per heavy atom. The monoisotopic (exact) mass is 221 g/mol. The van der Waals surface area contributed by atoms with E-state index in [2.05, 4.69) is 5.32 Å². The van der Waals surface area contributed by atoms with E-state index in [9.17, 15) is 9.59 Å². The number of carboxylic acid groups (broad SMARTS) is 1. The lowest BCUT2D eigenvalue weighted by Crippen LogP contribution is -2.26. The van der Waals surface area contributed by atoms with Gasteiger partial charge < -0.3 is 15.2 Å². The van der Waals surface area contributed by atoms with Crippen LogP contribution in [-0.4, -0.2) is 23.7 Å². The van der Waals surface area contributed by atoms with Crippen molar-refractivity contribution in [3.63, 3.8) is 0 Å². The van der Waals surface area contributed by atoms with Crippen molar-refractivity contribution in [2.24, 2.45) is 0 Å². The third-order valence-corrected chi connectivity index (χ3v) is 2.63. The Kier molecular flexibility index (Phi) is 2.30. The van der Waals surface area contributed by atoms with Crippen molar-refractivity contribution in [1.82, 2.24) is 5.32 Å². The lowest BCUT2D eigenvalue weighted by molar-refractivity contribution is 0.0679. The van der Waals surface area contributed by atoms with Gasteiger partial charge in [-0.25, -0.2) is 9.59 Å². The highest BCUT2D eigenvalue weighted by atomic mass is 16.6. The average Bonchev–Trinajstić information content (AvgIpc) is 2.60. The molecule has 1 aromatic rings. The molecule has 1 aromatic carbocycles. The number of hydrogen-bond donors (Lipinski definition) is 2. The summed E-state index contributed by atoms with van der Waals surface area (Å²) in [4.78, 5) is 21.6. The second-order valence-corrected chi connectivity index (χ2v) is 3.86. The topological polar surface area (TPSA) is 75.6 Å². The summed E-state index contributed by atoms with van der Waals surface area (Å²) in [5.41, 5.74) is 0.272. The minimum Gasteiger partial charge on any atom is -0.478 e. The average molecular weight is 221 g/mol. The van der Waals surface area contributed by atoms with Crippen LogP contribution in [0.2, 0.25) is 0 Å². The lowest BCUT2D eigenvalue weighted by Gasteiger charge is -2.21. The Morgan fingerprint density at radius 3 is 2.50 bits per heavy atom. The number of carbonyl (C=O) groups excluding carboxylic acids is 1. The predicted octanol–water partition coefficient (Wildman–Crippen LogP) is 1.34. The number of amides is 1. The molecule has 1 heterocycles. The van der Waals surface area contributed by atoms with E-state index in [0.717, 1.165) is 5.56 Å². The molecular formula is C11H11NO4. The molecule has 5 nitrogen and oxygen atoms in total. The van der Waals surface area contributed by atoms with Crippen molar-refractivity contribution in [1.29, 1.82) is 0 Å². The minimum atomic E-state index is -0.974. The number of rotatable bonds is 2. The standard InChI is InChI=1S/C11H11NO4/c1-11(6-12-10(15)16-11)8-4-2-7(3-5-8)9(13)14/h2-5H,6H2,1H3,(H,12,15)(H,13,14). The molecule has 0 aliphatic carbocycles. The van der Waals surface area contributed by atoms with Gasteiger partial charge in [0.2, 0.25) is 0 Å². The molecule has 2 rings (SSSR count). The number of cyclic esters (lactones) is 1. The Balaban J connectivity index is 2.28. The van der Waals surface area contributed by atoms with Crippen LogP contribution in [0.15, 0.2) is 24.3 Å². The summed E-state index contributed by atoms with van der Waals surface area (Å²) >= 11 is 0. The summed E-state index contributed by atoms with van der Waals surface area (Å²) in [6, 6.07) is 6.30. The molecule has 1 amide bonds. The van der Waals surface area contributed by atoms with Gasteiger partial charge in [0.15, 0.2) is 5.60 Å². The third kappa shape index (κ3) is 1.71. The first kappa shape index (κ1) is 10.5. The number of hydrogen-bond acceptors (Lipinski definition) is 3. The van der Waals surface area contributed by atoms with E-state index >= 15 is 0 Å². The molecule has 0 aromatic heterocycles. The van der Waals surface area contributed by atoms with Gasteiger partial charge >= 0.3 is 12.1 Å². The molecule has 84 valence electrons. The maximum atomic E-state index is 11.0. The SMILES string of the molecule is CC1(c2ccc(C(=O)O)cc2)CNC(=O)O1. The number of alkyl carbamates (subject to hydrolysis) is 1. The van der Waals surface area contributed by atoms with Crippen LogP contribution in [0.4, 0.5) is 4.79 Å². The highest BCUT2D eigenvalue weighted by Crippen LogP contribution is 2.28. The molecular weight excluding hydrogens is 210 g/mol. The van der Waals surface area contributed by atoms with Gasteiger partial charge in [-0.3, -0.25) is 0 Å². The van der Waals surface area contributed by atoms with Crippen LogP contribution < -0.4 is 5.32 Å². The molecule has 0 spiro atoms. The molecule has 16 heavy (non-hydrogen) atoms. The fourth-order valence-electron chi connectivity index (χ4n) is 1.64. The van der Waals surface area contributed by atoms with Gasteiger partial charge in [0.05, 0.1) is 12.1 Å². The Bertz CT molecular complexity index is 440. The number of benzene rings is 1. The molecule has 0 bridgehead atoms. The van der Waals surface area contributed by atoms with E-state index < -0.39 is 17.7 Å². The van der Waals surface area contributed by atoms with Gasteiger partial charge in [-0.1, -0.05) is 12.1 Å². The first-order chi connectivity index (χ1) is 7.51. The molecule has 1 fully saturated rings. The number of aromatic carboxylic acids is 1. The maximum absolute atomic E-state index is 11.0. The molecule has 1 atom stereocenters. The van der Waals surface area contributed by atoms with Crippen LogP contribution >= 0.6 is 0 Å². The zero-order valence-electron chi connectivity index (χ0n) is 8.69. The maximum Gasteiger partial charge on any atom is 0.408 e. The van der Waals surface area contributed by atoms with E-state index in [1.165, 1.54) is 12.1 Å². The van der Waals surface area contributed by atoms with Crippen molar-refractivity contribution in [2.75, 3.05) is 6.54 Å². The smallest absolute Gasteiger partial charge is 0.408 e. The summed E-state index contributed by atoms with van der Waals surface area (Å²) in [5.74, 6) is -0.974. The number of nitrogens with one attached hydrogen (secondary N) is 1. The van der Waals surface area contributed by atoms with Crippen LogP contribution in [0.1, 0.15) is 22.8 Å². The van der Waals surface area contributed by atoms with Gasteiger partial charge in [-0.2, -0.15) is 0 Å². The van der Waals surface area contributed by atoms with E-state index in [1.54, 1.807) is 19.1 Å². The number of carbonyl (C=O) groups is 2. The Morgan fingerprint density at radius 1 is 1.44 bits per heavy atom. The zero-order valence-corrected chi connectivity index (χ0v) is 8.69. The van der Waals surface area contributed by atoms with Crippen molar-refractivity contribution in [3.05, 3.63) is 35.4 Å². The van der Waals surface area contributed by atoms with Crippen LogP contribution in [0.5, 0.6) is 0 Å². The van der Waals surface area contributed by atoms with Crippen molar-refractivity contribution in [2.45, 2.75) is 12.5 Å². The largest absolute Gasteiger partial charge is 0.478 e. The second-order valence-electron chi connectivity index (χ2n) is 3.86.